The van der Waals surface area contributed by atoms with E-state index in [2.05, 4.69) is 55.7 Å². The molecule has 276 valence electrons. The van der Waals surface area contributed by atoms with E-state index >= 15 is 0 Å². The Balaban J connectivity index is 0. The summed E-state index contributed by atoms with van der Waals surface area (Å²) in [6.45, 7) is 17.5. The predicted molar refractivity (Wildman–Crippen MR) is 173 cm³/mol. The van der Waals surface area contributed by atoms with Gasteiger partial charge in [-0.25, -0.2) is 4.98 Å². The summed E-state index contributed by atoms with van der Waals surface area (Å²) in [4.78, 5) is 82.9. The molecule has 0 spiro atoms. The molecule has 0 radical (unpaired) electrons. The molecule has 0 bridgehead atoms. The third-order valence-corrected chi connectivity index (χ3v) is 7.28. The summed E-state index contributed by atoms with van der Waals surface area (Å²) < 4.78 is 0. The molecule has 2 unspecified atom stereocenters. The predicted octanol–water partition coefficient (Wildman–Crippen LogP) is -0.915. The van der Waals surface area contributed by atoms with Gasteiger partial charge in [0.05, 0.1) is 24.7 Å². The van der Waals surface area contributed by atoms with E-state index in [-0.39, 0.29) is 136 Å². The van der Waals surface area contributed by atoms with Gasteiger partial charge in [0.15, 0.2) is 0 Å². The van der Waals surface area contributed by atoms with Crippen molar-refractivity contribution in [3.05, 3.63) is 32.1 Å². The molecule has 0 fully saturated rings. The third-order valence-electron chi connectivity index (χ3n) is 7.28. The average molecular weight is 962 g/mol. The van der Waals surface area contributed by atoms with Crippen LogP contribution in [0.3, 0.4) is 0 Å². The summed E-state index contributed by atoms with van der Waals surface area (Å²) in [5.41, 5.74) is 0.814. The molecule has 0 aliphatic carbocycles. The molecule has 0 saturated carbocycles. The number of carbonyl (C=O) groups excluding carboxylic acids is 6. The summed E-state index contributed by atoms with van der Waals surface area (Å²) in [6.07, 6.45) is 4.66. The Labute approximate surface area is 348 Å². The van der Waals surface area contributed by atoms with Crippen LogP contribution in [0.1, 0.15) is 53.2 Å². The first-order chi connectivity index (χ1) is 21.7. The summed E-state index contributed by atoms with van der Waals surface area (Å²) >= 11 is 0. The van der Waals surface area contributed by atoms with Gasteiger partial charge in [-0.05, 0) is 18.3 Å². The molecule has 7 N–H and O–H groups in total. The molecule has 1 rings (SSSR count). The van der Waals surface area contributed by atoms with Crippen LogP contribution in [0.2, 0.25) is 0 Å². The quantitative estimate of drug-likeness (QED) is 0.0571. The Hall–Kier alpha value is -1.62. The van der Waals surface area contributed by atoms with E-state index in [1.54, 1.807) is 24.3 Å². The Morgan fingerprint density at radius 3 is 1.90 bits per heavy atom. The van der Waals surface area contributed by atoms with Crippen molar-refractivity contribution in [2.24, 2.45) is 17.8 Å². The number of carbonyl (C=O) groups is 6. The molecule has 0 aliphatic rings. The van der Waals surface area contributed by atoms with Crippen molar-refractivity contribution in [2.45, 2.75) is 66.0 Å². The minimum Gasteiger partial charge on any atom is -0.380 e. The molecule has 15 nitrogen and oxygen atoms in total. The first-order valence-corrected chi connectivity index (χ1v) is 15.8. The van der Waals surface area contributed by atoms with Crippen LogP contribution in [0, 0.1) is 111 Å². The molecule has 17 heteroatoms. The fourth-order valence-corrected chi connectivity index (χ4v) is 4.53. The molecule has 4 atom stereocenters. The van der Waals surface area contributed by atoms with Crippen LogP contribution in [0.15, 0.2) is 12.5 Å². The number of aromatic amines is 1. The zero-order chi connectivity index (χ0) is 34.6. The third kappa shape index (κ3) is 21.5. The number of aromatic nitrogens is 2. The van der Waals surface area contributed by atoms with Crippen molar-refractivity contribution < 1.29 is 109 Å². The summed E-state index contributed by atoms with van der Waals surface area (Å²) in [6, 6.07) is -1.66. The second kappa shape index (κ2) is 27.1. The largest absolute Gasteiger partial charge is 0.380 e. The first kappa shape index (κ1) is 48.5. The Bertz CT molecular complexity index is 1100. The number of hydrogen-bond donors (Lipinski definition) is 7. The summed E-state index contributed by atoms with van der Waals surface area (Å²) in [5, 5.41) is 16.4. The van der Waals surface area contributed by atoms with Crippen molar-refractivity contribution in [1.82, 2.24) is 46.8 Å². The van der Waals surface area contributed by atoms with Crippen molar-refractivity contribution in [3.63, 3.8) is 0 Å². The van der Waals surface area contributed by atoms with Gasteiger partial charge in [0.2, 0.25) is 23.6 Å². The maximum atomic E-state index is 13.4. The molecule has 48 heavy (non-hydrogen) atoms. The molecule has 1 aromatic rings. The van der Waals surface area contributed by atoms with Gasteiger partial charge < -0.3 is 60.3 Å². The molecule has 6 amide bonds. The minimum atomic E-state index is -0.837. The van der Waals surface area contributed by atoms with Crippen molar-refractivity contribution in [3.8, 4) is 0 Å². The standard InChI is InChI=1S/C31H53N9O6.2Gd/c1-8-21(4)28(39-29(44)22(5)16-25-17-32-19-37-25)31(46)38-26(15-20(2)3)30(45)36-10-9-35-27(43)18-40(13-11-33-23(6)41)14-12-34-24(7)42;;/h17,19-22,26,28H,6-16,18H2,1-5H3,(H,32,37)(H,33,41)(H,34,42)(H,35,43)(H,36,45)(H,38,46)(H,39,44);;/q-2;;/t21?,22?,26-,28-;;/m0../s1. The van der Waals surface area contributed by atoms with Crippen LogP contribution >= 0.6 is 0 Å². The normalized spacial score (nSPS) is 13.1. The van der Waals surface area contributed by atoms with Crippen molar-refractivity contribution >= 4 is 35.4 Å². The molecular weight excluding hydrogens is 909 g/mol. The van der Waals surface area contributed by atoms with Crippen LogP contribution in [0.5, 0.6) is 0 Å². The van der Waals surface area contributed by atoms with Crippen molar-refractivity contribution in [2.75, 3.05) is 45.8 Å². The molecular formula is C31H53Gd2N9O6-2. The number of nitrogens with one attached hydrogen (secondary N) is 7. The zero-order valence-corrected chi connectivity index (χ0v) is 33.1. The molecule has 1 heterocycles. The van der Waals surface area contributed by atoms with Crippen LogP contribution in [0.4, 0.5) is 0 Å². The first-order valence-electron chi connectivity index (χ1n) is 15.8. The van der Waals surface area contributed by atoms with Crippen LogP contribution in [0.25, 0.3) is 0 Å². The van der Waals surface area contributed by atoms with Gasteiger partial charge in [0.1, 0.15) is 12.1 Å². The monoisotopic (exact) mass is 963 g/mol. The second-order valence-corrected chi connectivity index (χ2v) is 11.9. The van der Waals surface area contributed by atoms with Gasteiger partial charge >= 0.3 is 0 Å². The number of H-pyrrole nitrogens is 1. The fourth-order valence-electron chi connectivity index (χ4n) is 4.53. The Morgan fingerprint density at radius 1 is 0.812 bits per heavy atom. The van der Waals surface area contributed by atoms with Crippen molar-refractivity contribution in [1.29, 1.82) is 0 Å². The Morgan fingerprint density at radius 2 is 1.40 bits per heavy atom. The van der Waals surface area contributed by atoms with Gasteiger partial charge in [-0.2, -0.15) is 0 Å². The van der Waals surface area contributed by atoms with E-state index in [0.29, 0.717) is 32.4 Å². The Kier molecular flexibility index (Phi) is 27.4. The smallest absolute Gasteiger partial charge is 0.243 e. The van der Waals surface area contributed by atoms with Crippen LogP contribution in [-0.2, 0) is 35.2 Å². The van der Waals surface area contributed by atoms with Gasteiger partial charge in [0, 0.05) is 143 Å². The maximum absolute atomic E-state index is 13.4. The van der Waals surface area contributed by atoms with E-state index in [1.807, 2.05) is 27.7 Å². The minimum absolute atomic E-state index is 0. The molecule has 0 saturated heterocycles. The van der Waals surface area contributed by atoms with E-state index in [9.17, 15) is 28.8 Å². The van der Waals surface area contributed by atoms with E-state index < -0.39 is 41.6 Å². The summed E-state index contributed by atoms with van der Waals surface area (Å²) in [5.74, 6) is -2.77. The van der Waals surface area contributed by atoms with E-state index in [4.69, 9.17) is 0 Å². The van der Waals surface area contributed by atoms with E-state index in [0.717, 1.165) is 5.69 Å². The number of imidazole rings is 1. The zero-order valence-electron chi connectivity index (χ0n) is 28.6. The topological polar surface area (TPSA) is 207 Å². The molecule has 0 aliphatic heterocycles. The van der Waals surface area contributed by atoms with Gasteiger partial charge in [-0.15, -0.1) is 0 Å². The number of rotatable bonds is 22. The maximum Gasteiger partial charge on any atom is 0.243 e. The fraction of sp³-hybridized carbons (Fsp3) is 0.645. The van der Waals surface area contributed by atoms with Gasteiger partial charge in [0.25, 0.3) is 0 Å². The van der Waals surface area contributed by atoms with Crippen LogP contribution < -0.4 is 31.9 Å². The number of amides is 6. The summed E-state index contributed by atoms with van der Waals surface area (Å²) in [7, 11) is 0. The number of hydrogen-bond acceptors (Lipinski definition) is 8. The molecule has 0 aromatic carbocycles. The van der Waals surface area contributed by atoms with E-state index in [1.165, 1.54) is 0 Å². The molecule has 1 aromatic heterocycles. The number of nitrogens with zero attached hydrogens (tertiary/aromatic N) is 2. The second-order valence-electron chi connectivity index (χ2n) is 11.9. The average Bonchev–Trinajstić information content (AvgIpc) is 3.49. The van der Waals surface area contributed by atoms with Crippen LogP contribution in [-0.4, -0.2) is 108 Å². The SMILES string of the molecule is [CH2-]C(=O)NCCN(CCNC([CH2-])=O)CC(=O)NCCNC(=O)[C@H](CC(C)C)NC(=O)[C@@H](NC(=O)C(C)Cc1cnc[nH]1)C(C)CC.[Gd].[Gd]. The van der Waals surface area contributed by atoms with Gasteiger partial charge in [-0.1, -0.05) is 41.0 Å². The van der Waals surface area contributed by atoms with Gasteiger partial charge in [-0.3, -0.25) is 24.1 Å².